The van der Waals surface area contributed by atoms with E-state index in [-0.39, 0.29) is 5.91 Å². The van der Waals surface area contributed by atoms with E-state index < -0.39 is 0 Å². The van der Waals surface area contributed by atoms with Crippen molar-refractivity contribution in [3.05, 3.63) is 35.4 Å². The molecule has 17 heavy (non-hydrogen) atoms. The predicted octanol–water partition coefficient (Wildman–Crippen LogP) is 1.96. The fourth-order valence-electron chi connectivity index (χ4n) is 1.65. The lowest BCUT2D eigenvalue weighted by Gasteiger charge is -2.11. The van der Waals surface area contributed by atoms with Gasteiger partial charge in [0.1, 0.15) is 0 Å². The minimum Gasteiger partial charge on any atom is -0.352 e. The molecule has 3 N–H and O–H groups in total. The minimum absolute atomic E-state index is 0.00322. The molecule has 3 nitrogen and oxygen atoms in total. The number of aryl methyl sites for hydroxylation is 1. The molecule has 0 aliphatic carbocycles. The number of amides is 1. The summed E-state index contributed by atoms with van der Waals surface area (Å²) in [6.07, 6.45) is 1.94. The minimum atomic E-state index is -0.00322. The molecule has 1 aromatic carbocycles. The smallest absolute Gasteiger partial charge is 0.251 e. The highest BCUT2D eigenvalue weighted by atomic mass is 16.1. The molecule has 1 aromatic rings. The van der Waals surface area contributed by atoms with Gasteiger partial charge in [0.25, 0.3) is 5.91 Å². The van der Waals surface area contributed by atoms with Gasteiger partial charge >= 0.3 is 0 Å². The second-order valence-electron chi connectivity index (χ2n) is 4.44. The fourth-order valence-corrected chi connectivity index (χ4v) is 1.65. The first kappa shape index (κ1) is 13.7. The van der Waals surface area contributed by atoms with Crippen LogP contribution >= 0.6 is 0 Å². The van der Waals surface area contributed by atoms with Crippen LogP contribution < -0.4 is 11.1 Å². The number of hydrogen-bond acceptors (Lipinski definition) is 2. The van der Waals surface area contributed by atoms with Gasteiger partial charge in [0.05, 0.1) is 0 Å². The Morgan fingerprint density at radius 1 is 1.35 bits per heavy atom. The summed E-state index contributed by atoms with van der Waals surface area (Å²) in [6.45, 7) is 5.55. The third-order valence-electron chi connectivity index (χ3n) is 2.89. The summed E-state index contributed by atoms with van der Waals surface area (Å²) in [5, 5.41) is 2.93. The summed E-state index contributed by atoms with van der Waals surface area (Å²) in [5.74, 6) is 0.426. The molecule has 3 heteroatoms. The van der Waals surface area contributed by atoms with E-state index >= 15 is 0 Å². The maximum atomic E-state index is 11.8. The maximum Gasteiger partial charge on any atom is 0.251 e. The van der Waals surface area contributed by atoms with Crippen molar-refractivity contribution in [2.24, 2.45) is 11.7 Å². The molecule has 0 heterocycles. The van der Waals surface area contributed by atoms with Crippen LogP contribution in [0.4, 0.5) is 0 Å². The van der Waals surface area contributed by atoms with Crippen molar-refractivity contribution in [3.63, 3.8) is 0 Å². The molecule has 0 fully saturated rings. The lowest BCUT2D eigenvalue weighted by Crippen LogP contribution is -2.29. The van der Waals surface area contributed by atoms with Crippen LogP contribution in [-0.2, 0) is 6.42 Å². The van der Waals surface area contributed by atoms with Crippen molar-refractivity contribution in [1.82, 2.24) is 5.32 Å². The Hall–Kier alpha value is -1.35. The fraction of sp³-hybridized carbons (Fsp3) is 0.500. The molecule has 94 valence electrons. The summed E-state index contributed by atoms with van der Waals surface area (Å²) >= 11 is 0. The average Bonchev–Trinajstić information content (AvgIpc) is 2.36. The molecule has 1 atom stereocenters. The normalized spacial score (nSPS) is 12.2. The number of carbonyl (C=O) groups is 1. The van der Waals surface area contributed by atoms with Crippen molar-refractivity contribution in [3.8, 4) is 0 Å². The second-order valence-corrected chi connectivity index (χ2v) is 4.44. The van der Waals surface area contributed by atoms with Gasteiger partial charge in [-0.15, -0.1) is 0 Å². The largest absolute Gasteiger partial charge is 0.352 e. The van der Waals surface area contributed by atoms with Gasteiger partial charge in [-0.3, -0.25) is 4.79 Å². The monoisotopic (exact) mass is 234 g/mol. The van der Waals surface area contributed by atoms with Gasteiger partial charge in [0.15, 0.2) is 0 Å². The molecule has 1 amide bonds. The highest BCUT2D eigenvalue weighted by Gasteiger charge is 2.07. The van der Waals surface area contributed by atoms with Gasteiger partial charge in [-0.25, -0.2) is 0 Å². The van der Waals surface area contributed by atoms with Gasteiger partial charge in [0, 0.05) is 12.1 Å². The Balaban J connectivity index is 2.46. The van der Waals surface area contributed by atoms with Crippen molar-refractivity contribution in [1.29, 1.82) is 0 Å². The third-order valence-corrected chi connectivity index (χ3v) is 2.89. The van der Waals surface area contributed by atoms with E-state index in [0.29, 0.717) is 19.0 Å². The topological polar surface area (TPSA) is 55.1 Å². The van der Waals surface area contributed by atoms with E-state index in [1.807, 2.05) is 24.3 Å². The van der Waals surface area contributed by atoms with Crippen LogP contribution in [0.2, 0.25) is 0 Å². The first-order valence-electron chi connectivity index (χ1n) is 6.24. The zero-order valence-electron chi connectivity index (χ0n) is 10.7. The third kappa shape index (κ3) is 4.57. The lowest BCUT2D eigenvalue weighted by atomic mass is 10.1. The summed E-state index contributed by atoms with van der Waals surface area (Å²) < 4.78 is 0. The highest BCUT2D eigenvalue weighted by Crippen LogP contribution is 2.05. The van der Waals surface area contributed by atoms with Crippen LogP contribution in [-0.4, -0.2) is 19.0 Å². The maximum absolute atomic E-state index is 11.8. The molecule has 0 bridgehead atoms. The number of nitrogens with one attached hydrogen (secondary N) is 1. The molecule has 0 spiro atoms. The lowest BCUT2D eigenvalue weighted by molar-refractivity contribution is 0.0947. The summed E-state index contributed by atoms with van der Waals surface area (Å²) in [6, 6.07) is 7.75. The molecule has 0 aliphatic heterocycles. The number of rotatable bonds is 6. The van der Waals surface area contributed by atoms with Crippen LogP contribution in [0, 0.1) is 5.92 Å². The van der Waals surface area contributed by atoms with E-state index in [9.17, 15) is 4.79 Å². The van der Waals surface area contributed by atoms with Crippen LogP contribution in [0.1, 0.15) is 36.2 Å². The Morgan fingerprint density at radius 3 is 2.53 bits per heavy atom. The van der Waals surface area contributed by atoms with E-state index in [1.54, 1.807) is 0 Å². The zero-order valence-corrected chi connectivity index (χ0v) is 10.7. The molecule has 1 rings (SSSR count). The average molecular weight is 234 g/mol. The Bertz CT molecular complexity index is 346. The van der Waals surface area contributed by atoms with Crippen molar-refractivity contribution >= 4 is 5.91 Å². The Kier molecular flexibility index (Phi) is 5.70. The van der Waals surface area contributed by atoms with Gasteiger partial charge in [-0.05, 0) is 43.0 Å². The molecule has 1 unspecified atom stereocenters. The van der Waals surface area contributed by atoms with Crippen molar-refractivity contribution in [2.75, 3.05) is 13.1 Å². The van der Waals surface area contributed by atoms with Crippen LogP contribution in [0.25, 0.3) is 0 Å². The molecule has 0 aliphatic rings. The Labute approximate surface area is 103 Å². The van der Waals surface area contributed by atoms with Crippen LogP contribution in [0.15, 0.2) is 24.3 Å². The first-order valence-corrected chi connectivity index (χ1v) is 6.24. The van der Waals surface area contributed by atoms with Gasteiger partial charge in [0.2, 0.25) is 0 Å². The predicted molar refractivity (Wildman–Crippen MR) is 71.0 cm³/mol. The number of benzene rings is 1. The van der Waals surface area contributed by atoms with Gasteiger partial charge < -0.3 is 11.1 Å². The first-order chi connectivity index (χ1) is 8.17. The standard InChI is InChI=1S/C14H22N2O/c1-3-12-4-6-13(7-5-12)14(17)16-10-11(2)8-9-15/h4-7,11H,3,8-10,15H2,1-2H3,(H,16,17). The Morgan fingerprint density at radius 2 is 2.00 bits per heavy atom. The molecule has 0 saturated heterocycles. The van der Waals surface area contributed by atoms with E-state index in [1.165, 1.54) is 5.56 Å². The summed E-state index contributed by atoms with van der Waals surface area (Å²) in [7, 11) is 0. The van der Waals surface area contributed by atoms with E-state index in [2.05, 4.69) is 19.2 Å². The zero-order chi connectivity index (χ0) is 12.7. The van der Waals surface area contributed by atoms with E-state index in [4.69, 9.17) is 5.73 Å². The van der Waals surface area contributed by atoms with Crippen LogP contribution in [0.5, 0.6) is 0 Å². The summed E-state index contributed by atoms with van der Waals surface area (Å²) in [4.78, 5) is 11.8. The van der Waals surface area contributed by atoms with Crippen molar-refractivity contribution < 1.29 is 4.79 Å². The number of carbonyl (C=O) groups excluding carboxylic acids is 1. The molecular formula is C14H22N2O. The van der Waals surface area contributed by atoms with Gasteiger partial charge in [-0.1, -0.05) is 26.0 Å². The van der Waals surface area contributed by atoms with Crippen LogP contribution in [0.3, 0.4) is 0 Å². The van der Waals surface area contributed by atoms with Crippen molar-refractivity contribution in [2.45, 2.75) is 26.7 Å². The quantitative estimate of drug-likeness (QED) is 0.790. The SMILES string of the molecule is CCc1ccc(C(=O)NCC(C)CCN)cc1. The second kappa shape index (κ2) is 7.07. The molecular weight excluding hydrogens is 212 g/mol. The molecule has 0 radical (unpaired) electrons. The highest BCUT2D eigenvalue weighted by molar-refractivity contribution is 5.94. The number of nitrogens with two attached hydrogens (primary N) is 1. The number of hydrogen-bond donors (Lipinski definition) is 2. The molecule has 0 saturated carbocycles. The van der Waals surface area contributed by atoms with Gasteiger partial charge in [-0.2, -0.15) is 0 Å². The van der Waals surface area contributed by atoms with E-state index in [0.717, 1.165) is 18.4 Å². The summed E-state index contributed by atoms with van der Waals surface area (Å²) in [5.41, 5.74) is 7.44. The molecule has 0 aromatic heterocycles.